The maximum Gasteiger partial charge on any atom is 0.279 e. The summed E-state index contributed by atoms with van der Waals surface area (Å²) < 4.78 is 28.7. The maximum atomic E-state index is 12.2. The van der Waals surface area contributed by atoms with E-state index in [0.29, 0.717) is 31.5 Å². The van der Waals surface area contributed by atoms with Crippen LogP contribution in [0.2, 0.25) is 0 Å². The standard InChI is InChI=1S/C14H29N3O2S/c1-3-12(2)10-16-20(18,19)17-8-6-13(7-9-17)11-15-14-4-5-14/h12-16H,3-11H2,1-2H3. The number of nitrogens with one attached hydrogen (secondary N) is 2. The van der Waals surface area contributed by atoms with Crippen LogP contribution in [0.4, 0.5) is 0 Å². The molecule has 1 atom stereocenters. The van der Waals surface area contributed by atoms with Crippen molar-refractivity contribution in [2.24, 2.45) is 11.8 Å². The van der Waals surface area contributed by atoms with E-state index in [2.05, 4.69) is 23.9 Å². The molecule has 0 aromatic heterocycles. The predicted octanol–water partition coefficient (Wildman–Crippen LogP) is 1.33. The van der Waals surface area contributed by atoms with Crippen molar-refractivity contribution >= 4 is 10.2 Å². The molecule has 118 valence electrons. The fraction of sp³-hybridized carbons (Fsp3) is 1.00. The van der Waals surface area contributed by atoms with Gasteiger partial charge < -0.3 is 5.32 Å². The molecule has 5 nitrogen and oxygen atoms in total. The zero-order valence-electron chi connectivity index (χ0n) is 12.8. The van der Waals surface area contributed by atoms with Gasteiger partial charge in [-0.3, -0.25) is 0 Å². The molecule has 1 saturated carbocycles. The van der Waals surface area contributed by atoms with Crippen LogP contribution in [-0.2, 0) is 10.2 Å². The van der Waals surface area contributed by atoms with Gasteiger partial charge in [-0.2, -0.15) is 12.7 Å². The average Bonchev–Trinajstić information content (AvgIpc) is 3.27. The molecule has 0 aromatic rings. The molecule has 2 N–H and O–H groups in total. The monoisotopic (exact) mass is 303 g/mol. The van der Waals surface area contributed by atoms with E-state index >= 15 is 0 Å². The van der Waals surface area contributed by atoms with Gasteiger partial charge in [-0.1, -0.05) is 20.3 Å². The summed E-state index contributed by atoms with van der Waals surface area (Å²) in [5.41, 5.74) is 0. The third kappa shape index (κ3) is 4.98. The molecule has 0 bridgehead atoms. The van der Waals surface area contributed by atoms with Gasteiger partial charge in [0.2, 0.25) is 0 Å². The zero-order chi connectivity index (χ0) is 14.6. The molecule has 1 aliphatic heterocycles. The lowest BCUT2D eigenvalue weighted by molar-refractivity contribution is 0.264. The first-order valence-corrected chi connectivity index (χ1v) is 9.43. The Morgan fingerprint density at radius 2 is 1.85 bits per heavy atom. The van der Waals surface area contributed by atoms with Crippen LogP contribution in [0, 0.1) is 11.8 Å². The first kappa shape index (κ1) is 16.2. The highest BCUT2D eigenvalue weighted by atomic mass is 32.2. The van der Waals surface area contributed by atoms with Gasteiger partial charge in [0.25, 0.3) is 10.2 Å². The normalized spacial score (nSPS) is 23.9. The van der Waals surface area contributed by atoms with Crippen molar-refractivity contribution in [3.8, 4) is 0 Å². The molecule has 0 amide bonds. The fourth-order valence-electron chi connectivity index (χ4n) is 2.46. The molecule has 0 spiro atoms. The Balaban J connectivity index is 1.70. The van der Waals surface area contributed by atoms with Gasteiger partial charge in [-0.25, -0.2) is 4.72 Å². The Labute approximate surface area is 123 Å². The van der Waals surface area contributed by atoms with E-state index in [0.717, 1.165) is 31.8 Å². The molecule has 2 aliphatic rings. The lowest BCUT2D eigenvalue weighted by Crippen LogP contribution is -2.47. The van der Waals surface area contributed by atoms with Crippen LogP contribution in [0.1, 0.15) is 46.0 Å². The molecule has 0 radical (unpaired) electrons. The van der Waals surface area contributed by atoms with Gasteiger partial charge in [0.05, 0.1) is 0 Å². The van der Waals surface area contributed by atoms with Gasteiger partial charge in [0.1, 0.15) is 0 Å². The minimum Gasteiger partial charge on any atom is -0.314 e. The van der Waals surface area contributed by atoms with Crippen LogP contribution in [0.3, 0.4) is 0 Å². The highest BCUT2D eigenvalue weighted by Crippen LogP contribution is 2.22. The van der Waals surface area contributed by atoms with E-state index in [1.54, 1.807) is 4.31 Å². The van der Waals surface area contributed by atoms with Crippen molar-refractivity contribution in [1.29, 1.82) is 0 Å². The summed E-state index contributed by atoms with van der Waals surface area (Å²) in [6, 6.07) is 0.744. The Kier molecular flexibility index (Phi) is 5.84. The Morgan fingerprint density at radius 3 is 2.40 bits per heavy atom. The van der Waals surface area contributed by atoms with E-state index in [1.165, 1.54) is 12.8 Å². The topological polar surface area (TPSA) is 61.4 Å². The van der Waals surface area contributed by atoms with Crippen molar-refractivity contribution in [2.75, 3.05) is 26.2 Å². The molecule has 1 saturated heterocycles. The number of piperidine rings is 1. The maximum absolute atomic E-state index is 12.2. The molecule has 20 heavy (non-hydrogen) atoms. The summed E-state index contributed by atoms with van der Waals surface area (Å²) in [4.78, 5) is 0. The van der Waals surface area contributed by atoms with Crippen LogP contribution in [0.15, 0.2) is 0 Å². The zero-order valence-corrected chi connectivity index (χ0v) is 13.6. The molecule has 1 aliphatic carbocycles. The lowest BCUT2D eigenvalue weighted by Gasteiger charge is -2.31. The smallest absolute Gasteiger partial charge is 0.279 e. The van der Waals surface area contributed by atoms with Crippen LogP contribution in [0.5, 0.6) is 0 Å². The molecular formula is C14H29N3O2S. The minimum atomic E-state index is -3.27. The average molecular weight is 303 g/mol. The van der Waals surface area contributed by atoms with E-state index in [4.69, 9.17) is 0 Å². The number of nitrogens with zero attached hydrogens (tertiary/aromatic N) is 1. The molecule has 1 heterocycles. The van der Waals surface area contributed by atoms with Gasteiger partial charge in [0, 0.05) is 25.7 Å². The molecule has 0 aromatic carbocycles. The van der Waals surface area contributed by atoms with Crippen molar-refractivity contribution in [3.63, 3.8) is 0 Å². The van der Waals surface area contributed by atoms with Gasteiger partial charge in [-0.05, 0) is 44.1 Å². The van der Waals surface area contributed by atoms with Crippen LogP contribution in [-0.4, -0.2) is 44.9 Å². The number of hydrogen-bond donors (Lipinski definition) is 2. The van der Waals surface area contributed by atoms with E-state index in [-0.39, 0.29) is 0 Å². The third-order valence-electron chi connectivity index (χ3n) is 4.50. The molecular weight excluding hydrogens is 274 g/mol. The summed E-state index contributed by atoms with van der Waals surface area (Å²) in [6.07, 6.45) is 5.57. The minimum absolute atomic E-state index is 0.394. The molecule has 2 fully saturated rings. The van der Waals surface area contributed by atoms with Gasteiger partial charge in [0.15, 0.2) is 0 Å². The first-order valence-electron chi connectivity index (χ1n) is 7.99. The Hall–Kier alpha value is -0.170. The summed E-state index contributed by atoms with van der Waals surface area (Å²) >= 11 is 0. The van der Waals surface area contributed by atoms with Gasteiger partial charge >= 0.3 is 0 Å². The van der Waals surface area contributed by atoms with Crippen LogP contribution >= 0.6 is 0 Å². The first-order chi connectivity index (χ1) is 9.51. The summed E-state index contributed by atoms with van der Waals surface area (Å²) in [6.45, 7) is 7.07. The highest BCUT2D eigenvalue weighted by Gasteiger charge is 2.29. The van der Waals surface area contributed by atoms with Crippen LogP contribution in [0.25, 0.3) is 0 Å². The van der Waals surface area contributed by atoms with Crippen molar-refractivity contribution in [3.05, 3.63) is 0 Å². The van der Waals surface area contributed by atoms with Gasteiger partial charge in [-0.15, -0.1) is 0 Å². The second kappa shape index (κ2) is 7.20. The van der Waals surface area contributed by atoms with Crippen molar-refractivity contribution < 1.29 is 8.42 Å². The molecule has 6 heteroatoms. The molecule has 1 unspecified atom stereocenters. The SMILES string of the molecule is CCC(C)CNS(=O)(=O)N1CCC(CNC2CC2)CC1. The van der Waals surface area contributed by atoms with Crippen molar-refractivity contribution in [1.82, 2.24) is 14.3 Å². The highest BCUT2D eigenvalue weighted by molar-refractivity contribution is 7.87. The van der Waals surface area contributed by atoms with Crippen LogP contribution < -0.4 is 10.0 Å². The van der Waals surface area contributed by atoms with E-state index in [9.17, 15) is 8.42 Å². The second-order valence-electron chi connectivity index (χ2n) is 6.39. The number of rotatable bonds is 8. The van der Waals surface area contributed by atoms with E-state index < -0.39 is 10.2 Å². The van der Waals surface area contributed by atoms with E-state index in [1.807, 2.05) is 0 Å². The fourth-order valence-corrected chi connectivity index (χ4v) is 3.83. The molecule has 2 rings (SSSR count). The van der Waals surface area contributed by atoms with Crippen molar-refractivity contribution in [2.45, 2.75) is 52.0 Å². The second-order valence-corrected chi connectivity index (χ2v) is 8.15. The largest absolute Gasteiger partial charge is 0.314 e. The predicted molar refractivity (Wildman–Crippen MR) is 81.7 cm³/mol. The lowest BCUT2D eigenvalue weighted by atomic mass is 9.98. The third-order valence-corrected chi connectivity index (χ3v) is 6.07. The Morgan fingerprint density at radius 1 is 1.20 bits per heavy atom. The quantitative estimate of drug-likeness (QED) is 0.711. The summed E-state index contributed by atoms with van der Waals surface area (Å²) in [5.74, 6) is 1.03. The number of hydrogen-bond acceptors (Lipinski definition) is 3. The summed E-state index contributed by atoms with van der Waals surface area (Å²) in [5, 5.41) is 3.54. The summed E-state index contributed by atoms with van der Waals surface area (Å²) in [7, 11) is -3.27. The Bertz CT molecular complexity index is 387.